The van der Waals surface area contributed by atoms with Gasteiger partial charge in [0.1, 0.15) is 0 Å². The van der Waals surface area contributed by atoms with E-state index in [0.717, 1.165) is 4.70 Å². The normalized spacial score (nSPS) is 15.8. The molecule has 1 saturated carbocycles. The number of benzene rings is 1. The van der Waals surface area contributed by atoms with E-state index in [4.69, 9.17) is 0 Å². The van der Waals surface area contributed by atoms with Crippen molar-refractivity contribution in [2.24, 2.45) is 0 Å². The van der Waals surface area contributed by atoms with Gasteiger partial charge in [0.25, 0.3) is 0 Å². The molecule has 2 aromatic heterocycles. The molecule has 17 heavy (non-hydrogen) atoms. The molecular weight excluding hydrogens is 248 g/mol. The van der Waals surface area contributed by atoms with Crippen LogP contribution in [0.25, 0.3) is 19.5 Å². The Morgan fingerprint density at radius 1 is 1.06 bits per heavy atom. The maximum absolute atomic E-state index is 12.1. The van der Waals surface area contributed by atoms with Crippen molar-refractivity contribution in [2.45, 2.75) is 18.8 Å². The number of hydrogen-bond donors (Lipinski definition) is 0. The van der Waals surface area contributed by atoms with Crippen molar-refractivity contribution >= 4 is 42.2 Å². The average molecular weight is 258 g/mol. The van der Waals surface area contributed by atoms with Crippen LogP contribution in [-0.4, -0.2) is 0 Å². The van der Waals surface area contributed by atoms with Crippen LogP contribution in [0.3, 0.4) is 0 Å². The van der Waals surface area contributed by atoms with Gasteiger partial charge in [0.15, 0.2) is 5.43 Å². The van der Waals surface area contributed by atoms with Gasteiger partial charge in [0.05, 0.1) is 9.40 Å². The maximum Gasteiger partial charge on any atom is 0.198 e. The van der Waals surface area contributed by atoms with Gasteiger partial charge in [-0.2, -0.15) is 0 Å². The van der Waals surface area contributed by atoms with E-state index in [1.807, 2.05) is 23.5 Å². The molecule has 0 aliphatic heterocycles. The Bertz CT molecular complexity index is 778. The van der Waals surface area contributed by atoms with Crippen LogP contribution < -0.4 is 5.43 Å². The van der Waals surface area contributed by atoms with Gasteiger partial charge in [-0.15, -0.1) is 22.7 Å². The largest absolute Gasteiger partial charge is 0.288 e. The zero-order valence-corrected chi connectivity index (χ0v) is 10.7. The Morgan fingerprint density at radius 3 is 2.71 bits per heavy atom. The standard InChI is InChI=1S/C14H10OS2/c15-10-7-12(8-5-6-8)17-13-9-3-1-2-4-11(9)16-14(10)13/h1-4,7-8H,5-6H2. The Kier molecular flexibility index (Phi) is 1.96. The van der Waals surface area contributed by atoms with Crippen LogP contribution >= 0.6 is 22.7 Å². The van der Waals surface area contributed by atoms with E-state index >= 15 is 0 Å². The van der Waals surface area contributed by atoms with Crippen molar-refractivity contribution in [3.8, 4) is 0 Å². The molecular formula is C14H10OS2. The summed E-state index contributed by atoms with van der Waals surface area (Å²) in [4.78, 5) is 13.4. The molecule has 1 fully saturated rings. The lowest BCUT2D eigenvalue weighted by molar-refractivity contribution is 1.17. The van der Waals surface area contributed by atoms with Crippen molar-refractivity contribution in [1.82, 2.24) is 0 Å². The second kappa shape index (κ2) is 3.40. The molecule has 0 saturated heterocycles. The minimum Gasteiger partial charge on any atom is -0.288 e. The predicted molar refractivity (Wildman–Crippen MR) is 75.5 cm³/mol. The molecule has 0 bridgehead atoms. The van der Waals surface area contributed by atoms with Crippen molar-refractivity contribution in [3.05, 3.63) is 45.4 Å². The Labute approximate surface area is 106 Å². The Morgan fingerprint density at radius 2 is 1.88 bits per heavy atom. The fourth-order valence-corrected chi connectivity index (χ4v) is 4.81. The van der Waals surface area contributed by atoms with E-state index < -0.39 is 0 Å². The predicted octanol–water partition coefficient (Wildman–Crippen LogP) is 4.35. The zero-order chi connectivity index (χ0) is 11.4. The molecule has 0 radical (unpaired) electrons. The second-order valence-electron chi connectivity index (χ2n) is 4.54. The van der Waals surface area contributed by atoms with Crippen LogP contribution in [0.1, 0.15) is 23.6 Å². The van der Waals surface area contributed by atoms with Crippen molar-refractivity contribution in [2.75, 3.05) is 0 Å². The van der Waals surface area contributed by atoms with Crippen molar-refractivity contribution in [3.63, 3.8) is 0 Å². The molecule has 1 aliphatic rings. The van der Waals surface area contributed by atoms with Crippen LogP contribution in [0.15, 0.2) is 35.1 Å². The Hall–Kier alpha value is -1.19. The first-order valence-corrected chi connectivity index (χ1v) is 7.41. The molecule has 1 nitrogen and oxygen atoms in total. The van der Waals surface area contributed by atoms with Gasteiger partial charge in [-0.25, -0.2) is 0 Å². The fraction of sp³-hybridized carbons (Fsp3) is 0.214. The maximum atomic E-state index is 12.1. The van der Waals surface area contributed by atoms with E-state index in [2.05, 4.69) is 18.2 Å². The monoisotopic (exact) mass is 258 g/mol. The van der Waals surface area contributed by atoms with Crippen LogP contribution in [0.5, 0.6) is 0 Å². The summed E-state index contributed by atoms with van der Waals surface area (Å²) in [6.07, 6.45) is 2.51. The summed E-state index contributed by atoms with van der Waals surface area (Å²) < 4.78 is 3.35. The third-order valence-corrected chi connectivity index (χ3v) is 5.88. The van der Waals surface area contributed by atoms with Gasteiger partial charge < -0.3 is 0 Å². The number of hydrogen-bond acceptors (Lipinski definition) is 3. The molecule has 0 amide bonds. The van der Waals surface area contributed by atoms with Crippen molar-refractivity contribution < 1.29 is 0 Å². The van der Waals surface area contributed by atoms with Gasteiger partial charge in [0.2, 0.25) is 0 Å². The van der Waals surface area contributed by atoms with Gasteiger partial charge in [-0.1, -0.05) is 18.2 Å². The quantitative estimate of drug-likeness (QED) is 0.634. The molecule has 2 heterocycles. The van der Waals surface area contributed by atoms with Crippen LogP contribution in [0.2, 0.25) is 0 Å². The summed E-state index contributed by atoms with van der Waals surface area (Å²) in [5.41, 5.74) is 0.210. The van der Waals surface area contributed by atoms with Gasteiger partial charge in [-0.05, 0) is 24.8 Å². The minimum atomic E-state index is 0.210. The first-order valence-electron chi connectivity index (χ1n) is 5.78. The molecule has 3 aromatic rings. The smallest absolute Gasteiger partial charge is 0.198 e. The molecule has 0 N–H and O–H groups in total. The summed E-state index contributed by atoms with van der Waals surface area (Å²) in [5.74, 6) is 0.663. The highest BCUT2D eigenvalue weighted by Crippen LogP contribution is 2.44. The zero-order valence-electron chi connectivity index (χ0n) is 9.10. The molecule has 84 valence electrons. The van der Waals surface area contributed by atoms with Crippen molar-refractivity contribution in [1.29, 1.82) is 0 Å². The first-order chi connectivity index (χ1) is 8.33. The average Bonchev–Trinajstić information content (AvgIpc) is 3.11. The molecule has 4 rings (SSSR count). The number of fused-ring (bicyclic) bond motifs is 3. The fourth-order valence-electron chi connectivity index (χ4n) is 2.20. The third kappa shape index (κ3) is 1.46. The van der Waals surface area contributed by atoms with Gasteiger partial charge >= 0.3 is 0 Å². The second-order valence-corrected chi connectivity index (χ2v) is 6.68. The van der Waals surface area contributed by atoms with Crippen LogP contribution in [0.4, 0.5) is 0 Å². The lowest BCUT2D eigenvalue weighted by Crippen LogP contribution is -1.96. The highest BCUT2D eigenvalue weighted by Gasteiger charge is 2.25. The van der Waals surface area contributed by atoms with E-state index in [9.17, 15) is 4.79 Å². The topological polar surface area (TPSA) is 17.1 Å². The number of thiophene rings is 1. The molecule has 1 aliphatic carbocycles. The number of rotatable bonds is 1. The van der Waals surface area contributed by atoms with Gasteiger partial charge in [0, 0.05) is 21.0 Å². The highest BCUT2D eigenvalue weighted by molar-refractivity contribution is 7.31. The molecule has 1 aromatic carbocycles. The highest BCUT2D eigenvalue weighted by atomic mass is 32.1. The summed E-state index contributed by atoms with van der Waals surface area (Å²) in [6.45, 7) is 0. The van der Waals surface area contributed by atoms with E-state index in [0.29, 0.717) is 5.92 Å². The molecule has 0 unspecified atom stereocenters. The summed E-state index contributed by atoms with van der Waals surface area (Å²) in [6, 6.07) is 10.2. The van der Waals surface area contributed by atoms with E-state index in [-0.39, 0.29) is 5.43 Å². The lowest BCUT2D eigenvalue weighted by Gasteiger charge is -1.96. The third-order valence-electron chi connectivity index (χ3n) is 3.25. The molecule has 3 heteroatoms. The molecule has 0 atom stereocenters. The SMILES string of the molecule is O=c1cc(C2CC2)sc2c1sc1ccccc12. The minimum absolute atomic E-state index is 0.210. The van der Waals surface area contributed by atoms with Gasteiger partial charge in [-0.3, -0.25) is 4.79 Å². The summed E-state index contributed by atoms with van der Waals surface area (Å²) >= 11 is 3.45. The molecule has 0 spiro atoms. The summed E-state index contributed by atoms with van der Waals surface area (Å²) in [7, 11) is 0. The van der Waals surface area contributed by atoms with E-state index in [1.165, 1.54) is 32.5 Å². The summed E-state index contributed by atoms with van der Waals surface area (Å²) in [5, 5.41) is 1.25. The first kappa shape index (κ1) is 9.80. The van der Waals surface area contributed by atoms with Crippen LogP contribution in [-0.2, 0) is 0 Å². The lowest BCUT2D eigenvalue weighted by atomic mass is 10.2. The Balaban J connectivity index is 2.18. The van der Waals surface area contributed by atoms with E-state index in [1.54, 1.807) is 11.3 Å². The van der Waals surface area contributed by atoms with Crippen LogP contribution in [0, 0.1) is 0 Å².